The molecule has 0 saturated heterocycles. The summed E-state index contributed by atoms with van der Waals surface area (Å²) in [6.07, 6.45) is 22.7. The van der Waals surface area contributed by atoms with Crippen LogP contribution < -0.4 is 0 Å². The molecular formula is C36H44SiZr. The van der Waals surface area contributed by atoms with Crippen LogP contribution in [0.25, 0.3) is 0 Å². The van der Waals surface area contributed by atoms with Crippen molar-refractivity contribution in [1.82, 2.24) is 0 Å². The molecule has 2 radical (unpaired) electrons. The first-order valence-corrected chi connectivity index (χ1v) is 15.7. The van der Waals surface area contributed by atoms with Gasteiger partial charge in [0.25, 0.3) is 0 Å². The van der Waals surface area contributed by atoms with Crippen LogP contribution in [0.15, 0.2) is 113 Å². The minimum Gasteiger partial charge on any atom is -0.269 e. The fourth-order valence-electron chi connectivity index (χ4n) is 4.18. The molecule has 38 heavy (non-hydrogen) atoms. The predicted molar refractivity (Wildman–Crippen MR) is 165 cm³/mol. The summed E-state index contributed by atoms with van der Waals surface area (Å²) in [6.45, 7) is 15.3. The van der Waals surface area contributed by atoms with Crippen molar-refractivity contribution in [2.45, 2.75) is 73.4 Å². The average molecular weight is 596 g/mol. The minimum absolute atomic E-state index is 0. The first-order valence-electron chi connectivity index (χ1n) is 13.4. The third-order valence-corrected chi connectivity index (χ3v) is 6.57. The first-order chi connectivity index (χ1) is 17.8. The van der Waals surface area contributed by atoms with Crippen molar-refractivity contribution in [2.24, 2.45) is 5.41 Å². The molecule has 0 spiro atoms. The monoisotopic (exact) mass is 594 g/mol. The second-order valence-corrected chi connectivity index (χ2v) is 11.3. The van der Waals surface area contributed by atoms with Crippen LogP contribution in [0.1, 0.15) is 58.6 Å². The molecule has 0 heterocycles. The Morgan fingerprint density at radius 3 is 1.34 bits per heavy atom. The Balaban J connectivity index is 0.000000269. The van der Waals surface area contributed by atoms with Crippen LogP contribution in [0, 0.1) is 23.6 Å². The Labute approximate surface area is 255 Å². The SMILES string of the molecule is CC1=[C-]C(C)(C)C(C)=C1C.C[SiH]C.[C-]1=C(Cc2ccccc2)C=CC1.[C-]1=C(Cc2ccccc2)C=CC1.[Zr+3]. The van der Waals surface area contributed by atoms with Gasteiger partial charge in [0.2, 0.25) is 0 Å². The molecule has 0 aromatic heterocycles. The van der Waals surface area contributed by atoms with Gasteiger partial charge in [-0.15, -0.1) is 19.8 Å². The molecule has 0 amide bonds. The molecule has 3 aliphatic rings. The maximum Gasteiger partial charge on any atom is 3.00 e. The van der Waals surface area contributed by atoms with E-state index in [1.165, 1.54) is 39.0 Å². The number of allylic oxidation sites excluding steroid dienone is 12. The molecule has 0 saturated carbocycles. The minimum atomic E-state index is 0. The summed E-state index contributed by atoms with van der Waals surface area (Å²) in [5.74, 6) is 0. The van der Waals surface area contributed by atoms with E-state index in [9.17, 15) is 0 Å². The molecule has 0 nitrogen and oxygen atoms in total. The topological polar surface area (TPSA) is 0 Å². The van der Waals surface area contributed by atoms with Crippen LogP contribution in [0.2, 0.25) is 13.1 Å². The third-order valence-electron chi connectivity index (χ3n) is 6.57. The average Bonchev–Trinajstić information content (AvgIpc) is 3.63. The summed E-state index contributed by atoms with van der Waals surface area (Å²) in [6, 6.07) is 21.0. The largest absolute Gasteiger partial charge is 3.00 e. The van der Waals surface area contributed by atoms with Gasteiger partial charge in [-0.05, 0) is 24.0 Å². The van der Waals surface area contributed by atoms with E-state index in [0.717, 1.165) is 35.2 Å². The van der Waals surface area contributed by atoms with Crippen LogP contribution >= 0.6 is 0 Å². The molecule has 0 fully saturated rings. The molecule has 2 aromatic carbocycles. The molecule has 2 heteroatoms. The number of hydrogen-bond acceptors (Lipinski definition) is 0. The zero-order chi connectivity index (χ0) is 27.1. The maximum absolute atomic E-state index is 3.44. The smallest absolute Gasteiger partial charge is 0.269 e. The Bertz CT molecular complexity index is 1070. The zero-order valence-electron chi connectivity index (χ0n) is 24.5. The van der Waals surface area contributed by atoms with Gasteiger partial charge < -0.3 is 0 Å². The first kappa shape index (κ1) is 34.0. The molecule has 196 valence electrons. The molecule has 0 bridgehead atoms. The van der Waals surface area contributed by atoms with Crippen molar-refractivity contribution < 1.29 is 26.2 Å². The maximum atomic E-state index is 3.44. The Morgan fingerprint density at radius 1 is 0.711 bits per heavy atom. The van der Waals surface area contributed by atoms with E-state index in [-0.39, 0.29) is 31.6 Å². The second-order valence-electron chi connectivity index (χ2n) is 10.1. The molecule has 0 N–H and O–H groups in total. The standard InChI is InChI=1S/2C12H11.C10H15.C2H7Si.Zr/c2*1-2-6-11(7-3-1)10-12-8-4-5-9-12;1-7-6-10(4,5)9(3)8(7)2;1-3-2;/h2*1-4,6-8H,5,10H2;1-5H3;3H,1-2H3;/q3*-1;;+3. The van der Waals surface area contributed by atoms with E-state index in [2.05, 4.69) is 139 Å². The van der Waals surface area contributed by atoms with Gasteiger partial charge in [-0.3, -0.25) is 18.2 Å². The summed E-state index contributed by atoms with van der Waals surface area (Å²) >= 11 is 0. The molecular weight excluding hydrogens is 552 g/mol. The van der Waals surface area contributed by atoms with E-state index in [1.54, 1.807) is 0 Å². The summed E-state index contributed by atoms with van der Waals surface area (Å²) in [7, 11) is 0.750. The van der Waals surface area contributed by atoms with Gasteiger partial charge in [0, 0.05) is 9.52 Å². The van der Waals surface area contributed by atoms with Crippen LogP contribution in [0.3, 0.4) is 0 Å². The molecule has 5 rings (SSSR count). The third kappa shape index (κ3) is 12.2. The fraction of sp³-hybridized carbons (Fsp3) is 0.333. The van der Waals surface area contributed by atoms with Gasteiger partial charge in [0.05, 0.1) is 0 Å². The molecule has 2 aromatic rings. The van der Waals surface area contributed by atoms with Gasteiger partial charge in [-0.1, -0.05) is 107 Å². The second kappa shape index (κ2) is 18.3. The fourth-order valence-corrected chi connectivity index (χ4v) is 4.18. The van der Waals surface area contributed by atoms with E-state index < -0.39 is 0 Å². The van der Waals surface area contributed by atoms with Crippen LogP contribution in [-0.2, 0) is 39.0 Å². The van der Waals surface area contributed by atoms with Crippen molar-refractivity contribution in [3.63, 3.8) is 0 Å². The van der Waals surface area contributed by atoms with Gasteiger partial charge in [-0.2, -0.15) is 23.3 Å². The van der Waals surface area contributed by atoms with Crippen LogP contribution in [-0.4, -0.2) is 9.52 Å². The summed E-state index contributed by atoms with van der Waals surface area (Å²) in [5, 5.41) is 0. The van der Waals surface area contributed by atoms with Crippen molar-refractivity contribution in [1.29, 1.82) is 0 Å². The van der Waals surface area contributed by atoms with Gasteiger partial charge in [0.15, 0.2) is 0 Å². The summed E-state index contributed by atoms with van der Waals surface area (Å²) < 4.78 is 0. The van der Waals surface area contributed by atoms with E-state index in [1.807, 2.05) is 12.1 Å². The number of hydrogen-bond donors (Lipinski definition) is 0. The molecule has 0 aliphatic heterocycles. The van der Waals surface area contributed by atoms with Crippen molar-refractivity contribution in [3.8, 4) is 0 Å². The molecule has 3 aliphatic carbocycles. The number of benzene rings is 2. The summed E-state index contributed by atoms with van der Waals surface area (Å²) in [4.78, 5) is 0. The van der Waals surface area contributed by atoms with Crippen LogP contribution in [0.4, 0.5) is 0 Å². The zero-order valence-corrected chi connectivity index (χ0v) is 28.1. The van der Waals surface area contributed by atoms with Crippen molar-refractivity contribution in [3.05, 3.63) is 142 Å². The Kier molecular flexibility index (Phi) is 16.4. The molecule has 0 unspecified atom stereocenters. The van der Waals surface area contributed by atoms with Gasteiger partial charge >= 0.3 is 26.2 Å². The van der Waals surface area contributed by atoms with E-state index >= 15 is 0 Å². The van der Waals surface area contributed by atoms with Gasteiger partial charge in [0.1, 0.15) is 0 Å². The quantitative estimate of drug-likeness (QED) is 0.244. The van der Waals surface area contributed by atoms with E-state index in [0.29, 0.717) is 0 Å². The Hall–Kier alpha value is -2.02. The normalized spacial score (nSPS) is 16.0. The van der Waals surface area contributed by atoms with Gasteiger partial charge in [-0.25, -0.2) is 28.9 Å². The summed E-state index contributed by atoms with van der Waals surface area (Å²) in [5.41, 5.74) is 9.77. The van der Waals surface area contributed by atoms with Crippen molar-refractivity contribution in [2.75, 3.05) is 0 Å². The predicted octanol–water partition coefficient (Wildman–Crippen LogP) is 9.47. The Morgan fingerprint density at radius 2 is 1.11 bits per heavy atom. The van der Waals surface area contributed by atoms with Crippen molar-refractivity contribution >= 4 is 9.52 Å². The van der Waals surface area contributed by atoms with E-state index in [4.69, 9.17) is 0 Å². The van der Waals surface area contributed by atoms with Crippen LogP contribution in [0.5, 0.6) is 0 Å². The number of rotatable bonds is 4. The molecule has 0 atom stereocenters.